The van der Waals surface area contributed by atoms with Crippen LogP contribution < -0.4 is 14.2 Å². The maximum absolute atomic E-state index is 15.1. The van der Waals surface area contributed by atoms with E-state index in [2.05, 4.69) is 0 Å². The van der Waals surface area contributed by atoms with E-state index < -0.39 is 29.1 Å². The number of rotatable bonds is 11. The van der Waals surface area contributed by atoms with Gasteiger partial charge in [-0.25, -0.2) is 8.78 Å². The molecule has 0 saturated heterocycles. The molecule has 39 heavy (non-hydrogen) atoms. The van der Waals surface area contributed by atoms with Crippen LogP contribution in [0.4, 0.5) is 22.0 Å². The number of benzene rings is 3. The van der Waals surface area contributed by atoms with E-state index in [9.17, 15) is 17.6 Å². The van der Waals surface area contributed by atoms with Crippen molar-refractivity contribution in [2.75, 3.05) is 19.8 Å². The Kier molecular flexibility index (Phi) is 9.70. The number of hydrogen-bond acceptors (Lipinski definition) is 3. The van der Waals surface area contributed by atoms with E-state index in [-0.39, 0.29) is 53.4 Å². The SMILES string of the molecule is CCCCOc1ccc(OCC2CCC(c3ccc(-c4ccc(OCC)c(F)c4F)cc3F)CC2)c(F)c1F. The first kappa shape index (κ1) is 28.7. The molecule has 8 heteroatoms. The molecular weight excluding hydrogens is 515 g/mol. The molecule has 0 heterocycles. The molecule has 4 rings (SSSR count). The maximum atomic E-state index is 15.1. The van der Waals surface area contributed by atoms with Gasteiger partial charge in [0.25, 0.3) is 0 Å². The van der Waals surface area contributed by atoms with Crippen LogP contribution in [0.15, 0.2) is 42.5 Å². The molecule has 0 atom stereocenters. The third-order valence-corrected chi connectivity index (χ3v) is 7.19. The van der Waals surface area contributed by atoms with Gasteiger partial charge in [-0.2, -0.15) is 13.2 Å². The fourth-order valence-corrected chi connectivity index (χ4v) is 4.96. The lowest BCUT2D eigenvalue weighted by molar-refractivity contribution is 0.191. The van der Waals surface area contributed by atoms with E-state index in [0.29, 0.717) is 25.0 Å². The Balaban J connectivity index is 1.34. The van der Waals surface area contributed by atoms with Gasteiger partial charge in [-0.05, 0) is 92.3 Å². The Morgan fingerprint density at radius 2 is 1.31 bits per heavy atom. The van der Waals surface area contributed by atoms with Crippen molar-refractivity contribution in [1.82, 2.24) is 0 Å². The lowest BCUT2D eigenvalue weighted by Gasteiger charge is -2.29. The minimum atomic E-state index is -1.10. The topological polar surface area (TPSA) is 27.7 Å². The summed E-state index contributed by atoms with van der Waals surface area (Å²) in [6, 6.07) is 9.92. The Labute approximate surface area is 225 Å². The fraction of sp³-hybridized carbons (Fsp3) is 0.419. The van der Waals surface area contributed by atoms with Crippen LogP contribution >= 0.6 is 0 Å². The van der Waals surface area contributed by atoms with Gasteiger partial charge in [-0.15, -0.1) is 0 Å². The van der Waals surface area contributed by atoms with Crippen molar-refractivity contribution in [2.24, 2.45) is 5.92 Å². The molecule has 3 aromatic carbocycles. The molecule has 210 valence electrons. The minimum absolute atomic E-state index is 0.0357. The Morgan fingerprint density at radius 1 is 0.692 bits per heavy atom. The summed E-state index contributed by atoms with van der Waals surface area (Å²) in [6.07, 6.45) is 4.47. The quantitative estimate of drug-likeness (QED) is 0.177. The molecule has 0 aliphatic heterocycles. The molecule has 0 N–H and O–H groups in total. The third-order valence-electron chi connectivity index (χ3n) is 7.19. The number of halogens is 5. The van der Waals surface area contributed by atoms with Gasteiger partial charge in [-0.3, -0.25) is 0 Å². The Bertz CT molecular complexity index is 1270. The summed E-state index contributed by atoms with van der Waals surface area (Å²) in [7, 11) is 0. The monoisotopic (exact) mass is 548 g/mol. The second-order valence-electron chi connectivity index (χ2n) is 9.83. The molecule has 1 aliphatic rings. The largest absolute Gasteiger partial charge is 0.491 e. The molecule has 0 amide bonds. The van der Waals surface area contributed by atoms with Crippen LogP contribution in [0.5, 0.6) is 17.2 Å². The highest BCUT2D eigenvalue weighted by molar-refractivity contribution is 5.66. The van der Waals surface area contributed by atoms with E-state index in [1.807, 2.05) is 6.92 Å². The van der Waals surface area contributed by atoms with Crippen LogP contribution in [0.2, 0.25) is 0 Å². The van der Waals surface area contributed by atoms with Crippen LogP contribution in [-0.4, -0.2) is 19.8 Å². The molecule has 0 radical (unpaired) electrons. The highest BCUT2D eigenvalue weighted by Crippen LogP contribution is 2.39. The summed E-state index contributed by atoms with van der Waals surface area (Å²) in [5.74, 6) is -5.16. The molecule has 1 aliphatic carbocycles. The van der Waals surface area contributed by atoms with Gasteiger partial charge in [0.15, 0.2) is 23.1 Å². The van der Waals surface area contributed by atoms with Crippen LogP contribution in [0, 0.1) is 35.0 Å². The maximum Gasteiger partial charge on any atom is 0.204 e. The number of ether oxygens (including phenoxy) is 3. The predicted octanol–water partition coefficient (Wildman–Crippen LogP) is 8.98. The second kappa shape index (κ2) is 13.2. The molecule has 1 saturated carbocycles. The zero-order chi connectivity index (χ0) is 27.9. The molecule has 3 aromatic rings. The predicted molar refractivity (Wildman–Crippen MR) is 140 cm³/mol. The van der Waals surface area contributed by atoms with Crippen LogP contribution in [0.1, 0.15) is 63.9 Å². The Morgan fingerprint density at radius 3 is 1.95 bits per heavy atom. The zero-order valence-corrected chi connectivity index (χ0v) is 22.2. The van der Waals surface area contributed by atoms with E-state index in [1.54, 1.807) is 19.1 Å². The molecule has 3 nitrogen and oxygen atoms in total. The van der Waals surface area contributed by atoms with Crippen molar-refractivity contribution in [2.45, 2.75) is 58.3 Å². The summed E-state index contributed by atoms with van der Waals surface area (Å²) in [5.41, 5.74) is 0.733. The highest BCUT2D eigenvalue weighted by atomic mass is 19.2. The molecule has 0 unspecified atom stereocenters. The van der Waals surface area contributed by atoms with Crippen molar-refractivity contribution >= 4 is 0 Å². The third kappa shape index (κ3) is 6.65. The van der Waals surface area contributed by atoms with Crippen molar-refractivity contribution in [3.05, 3.63) is 77.1 Å². The smallest absolute Gasteiger partial charge is 0.204 e. The van der Waals surface area contributed by atoms with E-state index in [1.165, 1.54) is 30.3 Å². The summed E-state index contributed by atoms with van der Waals surface area (Å²) >= 11 is 0. The first-order chi connectivity index (χ1) is 18.8. The lowest BCUT2D eigenvalue weighted by atomic mass is 9.78. The molecule has 0 bridgehead atoms. The van der Waals surface area contributed by atoms with Crippen molar-refractivity contribution in [3.8, 4) is 28.4 Å². The van der Waals surface area contributed by atoms with Gasteiger partial charge in [0.05, 0.1) is 19.8 Å². The van der Waals surface area contributed by atoms with Crippen LogP contribution in [0.3, 0.4) is 0 Å². The highest BCUT2D eigenvalue weighted by Gasteiger charge is 2.26. The van der Waals surface area contributed by atoms with E-state index in [0.717, 1.165) is 25.7 Å². The first-order valence-electron chi connectivity index (χ1n) is 13.5. The van der Waals surface area contributed by atoms with Gasteiger partial charge in [0, 0.05) is 5.56 Å². The Hall–Kier alpha value is -3.29. The normalized spacial score (nSPS) is 17.2. The lowest BCUT2D eigenvalue weighted by Crippen LogP contribution is -2.20. The molecular formula is C31H33F5O3. The summed E-state index contributed by atoms with van der Waals surface area (Å²) < 4.78 is 88.6. The van der Waals surface area contributed by atoms with Gasteiger partial charge >= 0.3 is 0 Å². The van der Waals surface area contributed by atoms with E-state index >= 15 is 4.39 Å². The van der Waals surface area contributed by atoms with Crippen LogP contribution in [0.25, 0.3) is 11.1 Å². The first-order valence-corrected chi connectivity index (χ1v) is 13.5. The zero-order valence-electron chi connectivity index (χ0n) is 22.2. The van der Waals surface area contributed by atoms with E-state index in [4.69, 9.17) is 14.2 Å². The second-order valence-corrected chi connectivity index (χ2v) is 9.83. The standard InChI is InChI=1S/C31H33F5O3/c1-3-5-16-38-26-14-15-27(31(36)30(26)35)39-18-19-6-8-20(9-7-19)22-11-10-21(17-24(22)32)23-12-13-25(37-4-2)29(34)28(23)33/h10-15,17,19-20H,3-9,16,18H2,1-2H3. The van der Waals surface area contributed by atoms with Gasteiger partial charge < -0.3 is 14.2 Å². The average Bonchev–Trinajstić information content (AvgIpc) is 2.94. The number of unbranched alkanes of at least 4 members (excludes halogenated alkanes) is 1. The molecule has 0 spiro atoms. The van der Waals surface area contributed by atoms with Gasteiger partial charge in [0.2, 0.25) is 17.5 Å². The fourth-order valence-electron chi connectivity index (χ4n) is 4.96. The molecule has 0 aromatic heterocycles. The van der Waals surface area contributed by atoms with Crippen LogP contribution in [-0.2, 0) is 0 Å². The summed E-state index contributed by atoms with van der Waals surface area (Å²) in [5, 5.41) is 0. The van der Waals surface area contributed by atoms with Crippen molar-refractivity contribution in [3.63, 3.8) is 0 Å². The van der Waals surface area contributed by atoms with Crippen molar-refractivity contribution in [1.29, 1.82) is 0 Å². The van der Waals surface area contributed by atoms with Gasteiger partial charge in [0.1, 0.15) is 5.82 Å². The number of hydrogen-bond donors (Lipinski definition) is 0. The minimum Gasteiger partial charge on any atom is -0.491 e. The summed E-state index contributed by atoms with van der Waals surface area (Å²) in [6.45, 7) is 4.39. The molecule has 1 fully saturated rings. The summed E-state index contributed by atoms with van der Waals surface area (Å²) in [4.78, 5) is 0. The van der Waals surface area contributed by atoms with Crippen molar-refractivity contribution < 1.29 is 36.2 Å². The van der Waals surface area contributed by atoms with Gasteiger partial charge in [-0.1, -0.05) is 25.5 Å². The average molecular weight is 549 g/mol.